The highest BCUT2D eigenvalue weighted by atomic mass is 32.1. The van der Waals surface area contributed by atoms with E-state index in [4.69, 9.17) is 4.74 Å². The molecule has 0 spiro atoms. The van der Waals surface area contributed by atoms with Crippen LogP contribution >= 0.6 is 11.3 Å². The number of aromatic nitrogens is 2. The van der Waals surface area contributed by atoms with Crippen LogP contribution in [-0.4, -0.2) is 46.4 Å². The molecule has 7 nitrogen and oxygen atoms in total. The average Bonchev–Trinajstić information content (AvgIpc) is 3.15. The lowest BCUT2D eigenvalue weighted by Crippen LogP contribution is -2.55. The van der Waals surface area contributed by atoms with E-state index >= 15 is 0 Å². The largest absolute Gasteiger partial charge is 0.481 e. The Labute approximate surface area is 170 Å². The molecule has 2 amide bonds. The molecule has 1 aromatic carbocycles. The molecule has 1 fully saturated rings. The fraction of sp³-hybridized carbons (Fsp3) is 0.200. The van der Waals surface area contributed by atoms with E-state index in [9.17, 15) is 14.0 Å². The first-order valence-electron chi connectivity index (χ1n) is 8.92. The van der Waals surface area contributed by atoms with Crippen LogP contribution in [0, 0.1) is 11.7 Å². The number of anilines is 1. The molecule has 1 aliphatic rings. The van der Waals surface area contributed by atoms with Crippen molar-refractivity contribution in [3.05, 3.63) is 60.0 Å². The topological polar surface area (TPSA) is 84.4 Å². The molecule has 0 bridgehead atoms. The summed E-state index contributed by atoms with van der Waals surface area (Å²) in [6.07, 6.45) is 3.39. The molecule has 29 heavy (non-hydrogen) atoms. The molecule has 0 aliphatic carbocycles. The van der Waals surface area contributed by atoms with Gasteiger partial charge in [-0.1, -0.05) is 12.1 Å². The normalized spacial score (nSPS) is 13.6. The van der Waals surface area contributed by atoms with E-state index in [1.165, 1.54) is 28.4 Å². The van der Waals surface area contributed by atoms with Crippen molar-refractivity contribution < 1.29 is 18.7 Å². The number of benzene rings is 1. The van der Waals surface area contributed by atoms with E-state index in [1.807, 2.05) is 17.5 Å². The predicted molar refractivity (Wildman–Crippen MR) is 106 cm³/mol. The Morgan fingerprint density at radius 1 is 1.24 bits per heavy atom. The molecule has 2 aromatic heterocycles. The molecule has 9 heteroatoms. The number of nitrogens with one attached hydrogen (secondary N) is 1. The van der Waals surface area contributed by atoms with Crippen molar-refractivity contribution in [2.75, 3.05) is 25.0 Å². The van der Waals surface area contributed by atoms with E-state index in [1.54, 1.807) is 24.5 Å². The van der Waals surface area contributed by atoms with Crippen molar-refractivity contribution in [3.63, 3.8) is 0 Å². The maximum atomic E-state index is 13.5. The Morgan fingerprint density at radius 2 is 2.07 bits per heavy atom. The highest BCUT2D eigenvalue weighted by Gasteiger charge is 2.36. The number of nitrogens with zero attached hydrogens (tertiary/aromatic N) is 3. The fourth-order valence-electron chi connectivity index (χ4n) is 2.83. The number of carbonyl (C=O) groups excluding carboxylic acids is 2. The quantitative estimate of drug-likeness (QED) is 0.673. The van der Waals surface area contributed by atoms with Crippen molar-refractivity contribution in [1.82, 2.24) is 14.9 Å². The summed E-state index contributed by atoms with van der Waals surface area (Å²) >= 11 is 1.33. The van der Waals surface area contributed by atoms with Gasteiger partial charge in [-0.2, -0.15) is 0 Å². The minimum Gasteiger partial charge on any atom is -0.481 e. The van der Waals surface area contributed by atoms with Crippen LogP contribution in [-0.2, 0) is 9.59 Å². The zero-order valence-electron chi connectivity index (χ0n) is 15.2. The zero-order chi connectivity index (χ0) is 20.2. The SMILES string of the molecule is O=C(Nc1nc(-c2cccnc2)cs1)C1CN(C(=O)COc2ccccc2F)C1. The van der Waals surface area contributed by atoms with Gasteiger partial charge in [0.2, 0.25) is 5.91 Å². The number of thiazole rings is 1. The van der Waals surface area contributed by atoms with E-state index in [2.05, 4.69) is 15.3 Å². The van der Waals surface area contributed by atoms with Crippen LogP contribution in [0.1, 0.15) is 0 Å². The standard InChI is InChI=1S/C20H17FN4O3S/c21-15-5-1-2-6-17(15)28-11-18(26)25-9-14(10-25)19(27)24-20-23-16(12-29-20)13-4-3-7-22-8-13/h1-8,12,14H,9-11H2,(H,23,24,27). The number of carbonyl (C=O) groups is 2. The Morgan fingerprint density at radius 3 is 2.83 bits per heavy atom. The fourth-order valence-corrected chi connectivity index (χ4v) is 3.55. The highest BCUT2D eigenvalue weighted by Crippen LogP contribution is 2.25. The third-order valence-corrected chi connectivity index (χ3v) is 5.24. The Kier molecular flexibility index (Phi) is 5.48. The van der Waals surface area contributed by atoms with Gasteiger partial charge < -0.3 is 15.0 Å². The van der Waals surface area contributed by atoms with Crippen LogP contribution < -0.4 is 10.1 Å². The summed E-state index contributed by atoms with van der Waals surface area (Å²) in [5.74, 6) is -1.26. The van der Waals surface area contributed by atoms with E-state index in [0.29, 0.717) is 18.2 Å². The monoisotopic (exact) mass is 412 g/mol. The van der Waals surface area contributed by atoms with Gasteiger partial charge in [-0.05, 0) is 24.3 Å². The lowest BCUT2D eigenvalue weighted by atomic mass is 9.99. The molecule has 1 N–H and O–H groups in total. The number of hydrogen-bond acceptors (Lipinski definition) is 6. The molecule has 0 unspecified atom stereocenters. The van der Waals surface area contributed by atoms with Crippen molar-refractivity contribution in [2.24, 2.45) is 5.92 Å². The summed E-state index contributed by atoms with van der Waals surface area (Å²) in [4.78, 5) is 34.4. The Hall–Kier alpha value is -3.33. The molecule has 0 saturated carbocycles. The van der Waals surface area contributed by atoms with Crippen molar-refractivity contribution in [3.8, 4) is 17.0 Å². The minimum absolute atomic E-state index is 0.0313. The number of halogens is 1. The van der Waals surface area contributed by atoms with Crippen molar-refractivity contribution in [2.45, 2.75) is 0 Å². The lowest BCUT2D eigenvalue weighted by Gasteiger charge is -2.37. The number of para-hydroxylation sites is 1. The zero-order valence-corrected chi connectivity index (χ0v) is 16.1. The predicted octanol–water partition coefficient (Wildman–Crippen LogP) is 2.82. The smallest absolute Gasteiger partial charge is 0.260 e. The second-order valence-corrected chi connectivity index (χ2v) is 7.34. The van der Waals surface area contributed by atoms with Crippen LogP contribution in [0.25, 0.3) is 11.3 Å². The van der Waals surface area contributed by atoms with Gasteiger partial charge in [0.05, 0.1) is 11.6 Å². The molecule has 3 heterocycles. The van der Waals surface area contributed by atoms with Gasteiger partial charge in [-0.25, -0.2) is 9.37 Å². The molecule has 1 aliphatic heterocycles. The minimum atomic E-state index is -0.518. The summed E-state index contributed by atoms with van der Waals surface area (Å²) in [5, 5.41) is 5.14. The van der Waals surface area contributed by atoms with Gasteiger partial charge in [-0.15, -0.1) is 11.3 Å². The maximum Gasteiger partial charge on any atom is 0.260 e. The molecule has 0 atom stereocenters. The average molecular weight is 412 g/mol. The first-order chi connectivity index (χ1) is 14.1. The third kappa shape index (κ3) is 4.40. The maximum absolute atomic E-state index is 13.5. The van der Waals surface area contributed by atoms with Gasteiger partial charge in [0.1, 0.15) is 0 Å². The van der Waals surface area contributed by atoms with Gasteiger partial charge in [-0.3, -0.25) is 14.6 Å². The van der Waals surface area contributed by atoms with E-state index in [0.717, 1.165) is 11.3 Å². The molecular formula is C20H17FN4O3S. The highest BCUT2D eigenvalue weighted by molar-refractivity contribution is 7.14. The number of ether oxygens (including phenoxy) is 1. The molecule has 4 rings (SSSR count). The number of rotatable bonds is 6. The molecule has 148 valence electrons. The third-order valence-electron chi connectivity index (χ3n) is 4.48. The molecule has 1 saturated heterocycles. The second-order valence-electron chi connectivity index (χ2n) is 6.48. The van der Waals surface area contributed by atoms with Crippen LogP contribution in [0.3, 0.4) is 0 Å². The van der Waals surface area contributed by atoms with Crippen LogP contribution in [0.2, 0.25) is 0 Å². The van der Waals surface area contributed by atoms with Crippen molar-refractivity contribution in [1.29, 1.82) is 0 Å². The van der Waals surface area contributed by atoms with Gasteiger partial charge in [0.15, 0.2) is 23.3 Å². The first-order valence-corrected chi connectivity index (χ1v) is 9.80. The Bertz CT molecular complexity index is 1020. The summed E-state index contributed by atoms with van der Waals surface area (Å²) in [6, 6.07) is 9.62. The van der Waals surface area contributed by atoms with Gasteiger partial charge in [0.25, 0.3) is 5.91 Å². The molecular weight excluding hydrogens is 395 g/mol. The van der Waals surface area contributed by atoms with E-state index < -0.39 is 5.82 Å². The number of amides is 2. The Balaban J connectivity index is 1.24. The number of likely N-dealkylation sites (tertiary alicyclic amines) is 1. The number of hydrogen-bond donors (Lipinski definition) is 1. The lowest BCUT2D eigenvalue weighted by molar-refractivity contribution is -0.143. The second kappa shape index (κ2) is 8.36. The van der Waals surface area contributed by atoms with Crippen LogP contribution in [0.4, 0.5) is 9.52 Å². The summed E-state index contributed by atoms with van der Waals surface area (Å²) in [6.45, 7) is 0.328. The number of pyridine rings is 1. The first kappa shape index (κ1) is 19.0. The van der Waals surface area contributed by atoms with E-state index in [-0.39, 0.29) is 30.1 Å². The van der Waals surface area contributed by atoms with Crippen LogP contribution in [0.15, 0.2) is 54.2 Å². The van der Waals surface area contributed by atoms with Crippen molar-refractivity contribution >= 4 is 28.3 Å². The summed E-state index contributed by atoms with van der Waals surface area (Å²) in [7, 11) is 0. The van der Waals surface area contributed by atoms with Crippen LogP contribution in [0.5, 0.6) is 5.75 Å². The van der Waals surface area contributed by atoms with Gasteiger partial charge in [0, 0.05) is 36.4 Å². The summed E-state index contributed by atoms with van der Waals surface area (Å²) < 4.78 is 18.7. The molecule has 3 aromatic rings. The summed E-state index contributed by atoms with van der Waals surface area (Å²) in [5.41, 5.74) is 1.62. The van der Waals surface area contributed by atoms with Gasteiger partial charge >= 0.3 is 0 Å². The molecule has 0 radical (unpaired) electrons.